The summed E-state index contributed by atoms with van der Waals surface area (Å²) in [5.41, 5.74) is 24.2. The second kappa shape index (κ2) is 33.8. The molecule has 0 radical (unpaired) electrons. The van der Waals surface area contributed by atoms with Gasteiger partial charge >= 0.3 is 0 Å². The van der Waals surface area contributed by atoms with Crippen LogP contribution in [-0.2, 0) is 49.6 Å². The Morgan fingerprint density at radius 2 is 1.03 bits per heavy atom. The summed E-state index contributed by atoms with van der Waals surface area (Å²) in [6.45, 7) is 9.07. The third-order valence-corrected chi connectivity index (χ3v) is 11.8. The molecule has 17 N–H and O–H groups in total. The molecule has 0 unspecified atom stereocenters. The molecule has 8 atom stereocenters. The highest BCUT2D eigenvalue weighted by Gasteiger charge is 2.35. The molecule has 1 aromatic rings. The fraction of sp³-hybridized carbons (Fsp3) is 0.694. The lowest BCUT2D eigenvalue weighted by Gasteiger charge is -2.28. The Morgan fingerprint density at radius 1 is 0.577 bits per heavy atom. The molecular weight excluding hydrogens is 915 g/mol. The Kier molecular flexibility index (Phi) is 29.2. The monoisotopic (exact) mass is 1000 g/mol. The summed E-state index contributed by atoms with van der Waals surface area (Å²) in [7, 11) is 0. The SMILES string of the molecule is CCCCCCCC(=O)N[C@H](CCN)C(=O)N[C@H]1CCNC(=O)[C@H](CC(C)C)NC(=O)[C@H](CCN)NC(=O)[C@H](CCN)NC(=O)[C@H](CC(C)C)NC(=O)[C@@H](Cc2ccccc2)NC(=O)[C@H](CCN)NC1=O. The van der Waals surface area contributed by atoms with Gasteiger partial charge < -0.3 is 70.8 Å². The highest BCUT2D eigenvalue weighted by molar-refractivity contribution is 5.98. The zero-order chi connectivity index (χ0) is 52.9. The second-order valence-electron chi connectivity index (χ2n) is 19.1. The first kappa shape index (κ1) is 61.4. The van der Waals surface area contributed by atoms with Crippen molar-refractivity contribution in [2.45, 2.75) is 173 Å². The van der Waals surface area contributed by atoms with Crippen molar-refractivity contribution in [1.82, 2.24) is 47.9 Å². The summed E-state index contributed by atoms with van der Waals surface area (Å²) in [4.78, 5) is 126. The maximum Gasteiger partial charge on any atom is 0.243 e. The molecule has 1 aliphatic rings. The minimum Gasteiger partial charge on any atom is -0.354 e. The topological polar surface area (TPSA) is 366 Å². The van der Waals surface area contributed by atoms with Crippen molar-refractivity contribution in [2.24, 2.45) is 34.8 Å². The number of carbonyl (C=O) groups excluding carboxylic acids is 9. The largest absolute Gasteiger partial charge is 0.354 e. The standard InChI is InChI=1S/C49H85N13O9/c1-6-7-8-9-13-16-41(63)55-33(17-22-50)43(65)59-37-21-26-54-42(64)38(27-30(2)3)60-45(67)35(19-24-52)56-44(66)34(18-23-51)58-48(70)39(28-31(4)5)61-49(71)40(29-32-14-11-10-12-15-32)62-46(68)36(20-25-53)57-47(37)69/h10-12,14-15,30-31,33-40H,6-9,13,16-29,50-53H2,1-5H3,(H,54,64)(H,55,63)(H,56,66)(H,57,69)(H,58,70)(H,59,65)(H,60,67)(H,61,71)(H,62,68)/t33-,34+,35+,36+,37+,38+,39+,40-/m1/s1. The highest BCUT2D eigenvalue weighted by atomic mass is 16.2. The fourth-order valence-corrected chi connectivity index (χ4v) is 8.00. The van der Waals surface area contributed by atoms with E-state index in [2.05, 4.69) is 54.8 Å². The van der Waals surface area contributed by atoms with Gasteiger partial charge in [0.15, 0.2) is 0 Å². The van der Waals surface area contributed by atoms with Crippen molar-refractivity contribution < 1.29 is 43.2 Å². The number of hydrogen-bond acceptors (Lipinski definition) is 13. The number of nitrogens with one attached hydrogen (secondary N) is 9. The van der Waals surface area contributed by atoms with Gasteiger partial charge in [-0.25, -0.2) is 0 Å². The van der Waals surface area contributed by atoms with Gasteiger partial charge in [0.25, 0.3) is 0 Å². The van der Waals surface area contributed by atoms with Crippen molar-refractivity contribution in [1.29, 1.82) is 0 Å². The van der Waals surface area contributed by atoms with E-state index in [-0.39, 0.29) is 108 Å². The molecule has 71 heavy (non-hydrogen) atoms. The molecule has 0 saturated carbocycles. The van der Waals surface area contributed by atoms with Crippen LogP contribution in [0.1, 0.15) is 124 Å². The Labute approximate surface area is 419 Å². The normalized spacial score (nSPS) is 23.0. The summed E-state index contributed by atoms with van der Waals surface area (Å²) in [5.74, 6) is -6.58. The average Bonchev–Trinajstić information content (AvgIpc) is 3.31. The molecule has 2 rings (SSSR count). The second-order valence-corrected chi connectivity index (χ2v) is 19.1. The molecular formula is C49H85N13O9. The van der Waals surface area contributed by atoms with E-state index >= 15 is 0 Å². The van der Waals surface area contributed by atoms with Gasteiger partial charge in [0, 0.05) is 19.4 Å². The smallest absolute Gasteiger partial charge is 0.243 e. The van der Waals surface area contributed by atoms with Crippen LogP contribution in [0.3, 0.4) is 0 Å². The van der Waals surface area contributed by atoms with Crippen molar-refractivity contribution in [3.05, 3.63) is 35.9 Å². The van der Waals surface area contributed by atoms with Gasteiger partial charge in [-0.1, -0.05) is 90.6 Å². The van der Waals surface area contributed by atoms with E-state index in [1.807, 2.05) is 27.7 Å². The summed E-state index contributed by atoms with van der Waals surface area (Å²) < 4.78 is 0. The van der Waals surface area contributed by atoms with Crippen molar-refractivity contribution in [3.8, 4) is 0 Å². The number of amides is 9. The maximum atomic E-state index is 14.3. The molecule has 0 spiro atoms. The first-order valence-electron chi connectivity index (χ1n) is 25.4. The number of carbonyl (C=O) groups is 9. The van der Waals surface area contributed by atoms with E-state index in [1.54, 1.807) is 30.3 Å². The molecule has 1 heterocycles. The lowest BCUT2D eigenvalue weighted by molar-refractivity contribution is -0.136. The number of rotatable bonds is 23. The van der Waals surface area contributed by atoms with Crippen LogP contribution in [-0.4, -0.2) is 134 Å². The number of benzene rings is 1. The summed E-state index contributed by atoms with van der Waals surface area (Å²) in [6, 6.07) is -1.23. The van der Waals surface area contributed by atoms with Crippen LogP contribution < -0.4 is 70.8 Å². The Morgan fingerprint density at radius 3 is 1.52 bits per heavy atom. The molecule has 22 nitrogen and oxygen atoms in total. The number of nitrogens with two attached hydrogens (primary N) is 4. The Balaban J connectivity index is 2.70. The lowest BCUT2D eigenvalue weighted by atomic mass is 10.00. The van der Waals surface area contributed by atoms with E-state index in [0.29, 0.717) is 12.0 Å². The van der Waals surface area contributed by atoms with Gasteiger partial charge in [-0.2, -0.15) is 0 Å². The zero-order valence-electron chi connectivity index (χ0n) is 42.6. The lowest BCUT2D eigenvalue weighted by Crippen LogP contribution is -2.61. The van der Waals surface area contributed by atoms with Gasteiger partial charge in [-0.3, -0.25) is 43.2 Å². The maximum absolute atomic E-state index is 14.3. The quantitative estimate of drug-likeness (QED) is 0.0555. The molecule has 1 fully saturated rings. The predicted octanol–water partition coefficient (Wildman–Crippen LogP) is -1.52. The Hall–Kier alpha value is -5.71. The minimum absolute atomic E-state index is 0.0220. The van der Waals surface area contributed by atoms with Crippen molar-refractivity contribution in [3.63, 3.8) is 0 Å². The summed E-state index contributed by atoms with van der Waals surface area (Å²) in [6.07, 6.45) is 4.56. The molecule has 0 aromatic heterocycles. The van der Waals surface area contributed by atoms with Crippen molar-refractivity contribution >= 4 is 53.2 Å². The number of unbranched alkanes of at least 4 members (excludes halogenated alkanes) is 4. The molecule has 9 amide bonds. The van der Waals surface area contributed by atoms with E-state index in [1.165, 1.54) is 0 Å². The Bertz CT molecular complexity index is 1850. The molecule has 1 aromatic carbocycles. The van der Waals surface area contributed by atoms with Gasteiger partial charge in [0.05, 0.1) is 0 Å². The molecule has 0 bridgehead atoms. The third-order valence-electron chi connectivity index (χ3n) is 11.8. The summed E-state index contributed by atoms with van der Waals surface area (Å²) in [5, 5.41) is 24.4. The van der Waals surface area contributed by atoms with E-state index in [4.69, 9.17) is 22.9 Å². The van der Waals surface area contributed by atoms with Gasteiger partial charge in [-0.05, 0) is 94.9 Å². The first-order valence-corrected chi connectivity index (χ1v) is 25.4. The summed E-state index contributed by atoms with van der Waals surface area (Å²) >= 11 is 0. The minimum atomic E-state index is -1.41. The van der Waals surface area contributed by atoms with Crippen LogP contribution >= 0.6 is 0 Å². The predicted molar refractivity (Wildman–Crippen MR) is 270 cm³/mol. The van der Waals surface area contributed by atoms with Gasteiger partial charge in [0.1, 0.15) is 48.3 Å². The first-order chi connectivity index (χ1) is 33.9. The van der Waals surface area contributed by atoms with Gasteiger partial charge in [-0.15, -0.1) is 0 Å². The van der Waals surface area contributed by atoms with E-state index in [9.17, 15) is 43.2 Å². The third kappa shape index (κ3) is 23.4. The van der Waals surface area contributed by atoms with Crippen molar-refractivity contribution in [2.75, 3.05) is 32.7 Å². The van der Waals surface area contributed by atoms with Gasteiger partial charge in [0.2, 0.25) is 53.2 Å². The molecule has 400 valence electrons. The molecule has 1 saturated heterocycles. The highest BCUT2D eigenvalue weighted by Crippen LogP contribution is 2.12. The average molecular weight is 1000 g/mol. The number of hydrogen-bond donors (Lipinski definition) is 13. The van der Waals surface area contributed by atoms with Crippen LogP contribution in [0.4, 0.5) is 0 Å². The molecule has 0 aliphatic carbocycles. The van der Waals surface area contributed by atoms with Crippen LogP contribution in [0.25, 0.3) is 0 Å². The van der Waals surface area contributed by atoms with Crippen LogP contribution in [0.15, 0.2) is 30.3 Å². The van der Waals surface area contributed by atoms with Crippen LogP contribution in [0.2, 0.25) is 0 Å². The fourth-order valence-electron chi connectivity index (χ4n) is 8.00. The molecule has 22 heteroatoms. The van der Waals surface area contributed by atoms with Crippen LogP contribution in [0.5, 0.6) is 0 Å². The molecule has 1 aliphatic heterocycles. The van der Waals surface area contributed by atoms with Crippen LogP contribution in [0, 0.1) is 11.8 Å². The zero-order valence-corrected chi connectivity index (χ0v) is 42.6. The van der Waals surface area contributed by atoms with E-state index in [0.717, 1.165) is 25.7 Å². The van der Waals surface area contributed by atoms with E-state index < -0.39 is 95.6 Å².